The number of rotatable bonds is 14. The van der Waals surface area contributed by atoms with Gasteiger partial charge in [0.2, 0.25) is 17.6 Å². The summed E-state index contributed by atoms with van der Waals surface area (Å²) in [6.07, 6.45) is 11.6. The van der Waals surface area contributed by atoms with Gasteiger partial charge in [0.1, 0.15) is 12.1 Å². The minimum absolute atomic E-state index is 0.0654. The van der Waals surface area contributed by atoms with Crippen LogP contribution in [-0.2, 0) is 29.0 Å². The van der Waals surface area contributed by atoms with Crippen LogP contribution in [0.3, 0.4) is 0 Å². The topological polar surface area (TPSA) is 171 Å². The first-order valence-corrected chi connectivity index (χ1v) is 21.0. The zero-order valence-electron chi connectivity index (χ0n) is 31.4. The number of piperidine rings is 1. The highest BCUT2D eigenvalue weighted by molar-refractivity contribution is 7.92. The molecule has 0 aromatic heterocycles. The molecular formula is C38H61N5O7S. The van der Waals surface area contributed by atoms with Crippen LogP contribution in [0.2, 0.25) is 0 Å². The zero-order chi connectivity index (χ0) is 37.4. The van der Waals surface area contributed by atoms with Crippen molar-refractivity contribution in [2.45, 2.75) is 147 Å². The monoisotopic (exact) mass is 731 g/mol. The van der Waals surface area contributed by atoms with Crippen LogP contribution in [0.4, 0.5) is 4.79 Å². The van der Waals surface area contributed by atoms with Gasteiger partial charge in [-0.15, -0.1) is 6.58 Å². The number of sulfone groups is 1. The number of amides is 5. The van der Waals surface area contributed by atoms with Gasteiger partial charge in [-0.2, -0.15) is 0 Å². The molecule has 4 aliphatic carbocycles. The third-order valence-corrected chi connectivity index (χ3v) is 14.8. The molecule has 5 atom stereocenters. The van der Waals surface area contributed by atoms with Crippen molar-refractivity contribution in [1.29, 1.82) is 0 Å². The molecule has 13 heteroatoms. The Bertz CT molecular complexity index is 1470. The van der Waals surface area contributed by atoms with Crippen LogP contribution in [0.15, 0.2) is 12.7 Å². The molecule has 12 nitrogen and oxygen atoms in total. The summed E-state index contributed by atoms with van der Waals surface area (Å²) in [5.74, 6) is -2.30. The third-order valence-electron chi connectivity index (χ3n) is 12.4. The smallest absolute Gasteiger partial charge is 0.315 e. The van der Waals surface area contributed by atoms with Crippen LogP contribution in [0.5, 0.6) is 0 Å². The van der Waals surface area contributed by atoms with Gasteiger partial charge in [-0.05, 0) is 60.7 Å². The molecule has 4 N–H and O–H groups in total. The van der Waals surface area contributed by atoms with Gasteiger partial charge in [0.25, 0.3) is 5.91 Å². The fourth-order valence-electron chi connectivity index (χ4n) is 9.08. The summed E-state index contributed by atoms with van der Waals surface area (Å²) < 4.78 is 27.3. The van der Waals surface area contributed by atoms with Crippen LogP contribution < -0.4 is 21.3 Å². The van der Waals surface area contributed by atoms with E-state index in [0.717, 1.165) is 51.4 Å². The Kier molecular flexibility index (Phi) is 11.7. The third kappa shape index (κ3) is 8.99. The lowest BCUT2D eigenvalue weighted by Gasteiger charge is -2.41. The molecule has 1 aliphatic heterocycles. The van der Waals surface area contributed by atoms with Crippen molar-refractivity contribution in [3.05, 3.63) is 12.7 Å². The Labute approximate surface area is 304 Å². The standard InChI is InChI=1S/C38H61N5O7S/c1-7-20-39-33(46)30(44)27(21-24-16-17-24)40-32(45)29-28-26(37(28,5)6)22-43(29)34(47)31(36(2,3)4)41-35(48)42-38(18-12-9-13-19-38)23-51(49,50)25-14-10-8-11-15-25/h7,24-29,31H,1,8-23H2,2-6H3,(H,39,46)(H,40,45)(H2,41,42,48)/t26-,27-,28-,29-,31+/m0/s1. The molecular weight excluding hydrogens is 671 g/mol. The molecule has 5 rings (SSSR count). The van der Waals surface area contributed by atoms with Crippen LogP contribution in [0, 0.1) is 28.6 Å². The highest BCUT2D eigenvalue weighted by atomic mass is 32.2. The van der Waals surface area contributed by atoms with Crippen LogP contribution in [0.1, 0.15) is 118 Å². The van der Waals surface area contributed by atoms with Gasteiger partial charge < -0.3 is 26.2 Å². The van der Waals surface area contributed by atoms with Gasteiger partial charge in [-0.25, -0.2) is 13.2 Å². The lowest BCUT2D eigenvalue weighted by molar-refractivity contribution is -0.145. The number of ketones is 1. The van der Waals surface area contributed by atoms with Gasteiger partial charge in [0.05, 0.1) is 22.6 Å². The molecule has 1 heterocycles. The van der Waals surface area contributed by atoms with Crippen LogP contribution in [-0.4, -0.2) is 90.6 Å². The minimum Gasteiger partial charge on any atom is -0.346 e. The number of hydrogen-bond acceptors (Lipinski definition) is 7. The van der Waals surface area contributed by atoms with E-state index in [1.165, 1.54) is 6.08 Å². The van der Waals surface area contributed by atoms with E-state index >= 15 is 0 Å². The van der Waals surface area contributed by atoms with E-state index in [2.05, 4.69) is 41.7 Å². The first kappa shape index (κ1) is 39.3. The molecule has 51 heavy (non-hydrogen) atoms. The number of carbonyl (C=O) groups is 5. The molecule has 0 aromatic rings. The number of hydrogen-bond donors (Lipinski definition) is 4. The second-order valence-electron chi connectivity index (χ2n) is 17.8. The summed E-state index contributed by atoms with van der Waals surface area (Å²) >= 11 is 0. The van der Waals surface area contributed by atoms with Gasteiger partial charge in [-0.3, -0.25) is 19.2 Å². The number of Topliss-reactive ketones (excluding diaryl/α,β-unsaturated/α-hetero) is 1. The van der Waals surface area contributed by atoms with E-state index in [0.29, 0.717) is 38.6 Å². The maximum Gasteiger partial charge on any atom is 0.315 e. The van der Waals surface area contributed by atoms with E-state index in [9.17, 15) is 32.4 Å². The zero-order valence-corrected chi connectivity index (χ0v) is 32.2. The van der Waals surface area contributed by atoms with Gasteiger partial charge in [0.15, 0.2) is 9.84 Å². The second kappa shape index (κ2) is 15.2. The maximum absolute atomic E-state index is 14.5. The lowest BCUT2D eigenvalue weighted by atomic mass is 9.83. The number of fused-ring (bicyclic) bond motifs is 1. The molecule has 4 saturated carbocycles. The van der Waals surface area contributed by atoms with Gasteiger partial charge in [0, 0.05) is 13.1 Å². The van der Waals surface area contributed by atoms with Gasteiger partial charge >= 0.3 is 6.03 Å². The SMILES string of the molecule is C=CCNC(=O)C(=O)[C@H](CC1CC1)NC(=O)[C@@H]1[C@@H]2[C@H](CN1C(=O)[C@@H](NC(=O)NC1(CS(=O)(=O)C3CCCCC3)CCCCC1)C(C)(C)C)C2(C)C. The number of carbonyl (C=O) groups excluding carboxylic acids is 5. The van der Waals surface area contributed by atoms with E-state index in [-0.39, 0.29) is 40.7 Å². The normalized spacial score (nSPS) is 26.9. The quantitative estimate of drug-likeness (QED) is 0.156. The Balaban J connectivity index is 1.33. The lowest BCUT2D eigenvalue weighted by Crippen LogP contribution is -2.64. The molecule has 0 radical (unpaired) electrons. The Morgan fingerprint density at radius 2 is 1.55 bits per heavy atom. The predicted octanol–water partition coefficient (Wildman–Crippen LogP) is 3.79. The van der Waals surface area contributed by atoms with Crippen molar-refractivity contribution < 1.29 is 32.4 Å². The van der Waals surface area contributed by atoms with Crippen molar-refractivity contribution in [2.75, 3.05) is 18.8 Å². The average molecular weight is 732 g/mol. The van der Waals surface area contributed by atoms with E-state index in [1.807, 2.05) is 20.8 Å². The Morgan fingerprint density at radius 3 is 2.14 bits per heavy atom. The summed E-state index contributed by atoms with van der Waals surface area (Å²) in [6, 6.07) is -3.48. The molecule has 5 aliphatic rings. The molecule has 5 amide bonds. The molecule has 0 bridgehead atoms. The number of nitrogens with zero attached hydrogens (tertiary/aromatic N) is 1. The van der Waals surface area contributed by atoms with Crippen molar-refractivity contribution in [2.24, 2.45) is 28.6 Å². The summed E-state index contributed by atoms with van der Waals surface area (Å²) in [5.41, 5.74) is -1.86. The van der Waals surface area contributed by atoms with Crippen LogP contribution >= 0.6 is 0 Å². The molecule has 0 spiro atoms. The summed E-state index contributed by atoms with van der Waals surface area (Å²) in [4.78, 5) is 69.9. The van der Waals surface area contributed by atoms with Crippen molar-refractivity contribution in [1.82, 2.24) is 26.2 Å². The summed E-state index contributed by atoms with van der Waals surface area (Å²) in [7, 11) is -3.45. The molecule has 0 unspecified atom stereocenters. The highest BCUT2D eigenvalue weighted by Crippen LogP contribution is 2.65. The van der Waals surface area contributed by atoms with E-state index in [1.54, 1.807) is 4.90 Å². The molecule has 1 saturated heterocycles. The first-order valence-electron chi connectivity index (χ1n) is 19.2. The second-order valence-corrected chi connectivity index (χ2v) is 20.1. The largest absolute Gasteiger partial charge is 0.346 e. The van der Waals surface area contributed by atoms with Crippen molar-refractivity contribution in [3.8, 4) is 0 Å². The van der Waals surface area contributed by atoms with Crippen molar-refractivity contribution in [3.63, 3.8) is 0 Å². The van der Waals surface area contributed by atoms with Crippen LogP contribution in [0.25, 0.3) is 0 Å². The molecule has 5 fully saturated rings. The average Bonchev–Trinajstić information content (AvgIpc) is 3.92. The molecule has 286 valence electrons. The first-order chi connectivity index (χ1) is 23.9. The number of likely N-dealkylation sites (tertiary alicyclic amines) is 1. The minimum atomic E-state index is -3.45. The summed E-state index contributed by atoms with van der Waals surface area (Å²) in [5, 5.41) is 11.0. The maximum atomic E-state index is 14.5. The van der Waals surface area contributed by atoms with Gasteiger partial charge in [-0.1, -0.05) is 92.1 Å². The fraction of sp³-hybridized carbons (Fsp3) is 0.816. The van der Waals surface area contributed by atoms with E-state index < -0.39 is 68.5 Å². The number of nitrogens with one attached hydrogen (secondary N) is 4. The predicted molar refractivity (Wildman–Crippen MR) is 195 cm³/mol. The Hall–Kier alpha value is -2.96. The molecule has 0 aromatic carbocycles. The fourth-order valence-corrected chi connectivity index (χ4v) is 11.5. The highest BCUT2D eigenvalue weighted by Gasteiger charge is 2.70. The van der Waals surface area contributed by atoms with E-state index in [4.69, 9.17) is 0 Å². The van der Waals surface area contributed by atoms with Crippen molar-refractivity contribution >= 4 is 39.4 Å². The Morgan fingerprint density at radius 1 is 0.922 bits per heavy atom. The number of urea groups is 1. The summed E-state index contributed by atoms with van der Waals surface area (Å²) in [6.45, 7) is 13.7.